The number of nitrogens with two attached hydrogens (primary N) is 1. The van der Waals surface area contributed by atoms with E-state index in [0.29, 0.717) is 10.5 Å². The summed E-state index contributed by atoms with van der Waals surface area (Å²) < 4.78 is 16.0. The van der Waals surface area contributed by atoms with Crippen molar-refractivity contribution in [3.8, 4) is 0 Å². The normalized spacial score (nSPS) is 11.9. The molecule has 0 fully saturated rings. The highest BCUT2D eigenvalue weighted by Crippen LogP contribution is 2.17. The van der Waals surface area contributed by atoms with Gasteiger partial charge in [-0.2, -0.15) is 0 Å². The molecule has 4 heteroatoms. The number of hydrogen-bond acceptors (Lipinski definition) is 2. The molecule has 1 aromatic heterocycles. The van der Waals surface area contributed by atoms with Crippen LogP contribution >= 0.6 is 0 Å². The Kier molecular flexibility index (Phi) is 3.85. The molecule has 0 radical (unpaired) electrons. The standard InChI is InChI=1S/C8H7NO2S.C2H6/c9-12(10)7-2-1-6-3-4-11-8(6)5-7;1-2/h1-5H,9H2;1-2H3. The van der Waals surface area contributed by atoms with Crippen molar-refractivity contribution in [3.63, 3.8) is 0 Å². The van der Waals surface area contributed by atoms with E-state index in [1.165, 1.54) is 0 Å². The van der Waals surface area contributed by atoms with E-state index in [1.54, 1.807) is 18.4 Å². The van der Waals surface area contributed by atoms with Gasteiger partial charge in [0.25, 0.3) is 0 Å². The summed E-state index contributed by atoms with van der Waals surface area (Å²) in [6.45, 7) is 4.00. The van der Waals surface area contributed by atoms with Crippen LogP contribution in [0.4, 0.5) is 0 Å². The molecule has 2 rings (SSSR count). The molecule has 0 amide bonds. The van der Waals surface area contributed by atoms with Gasteiger partial charge in [-0.1, -0.05) is 13.8 Å². The summed E-state index contributed by atoms with van der Waals surface area (Å²) in [4.78, 5) is 0.581. The van der Waals surface area contributed by atoms with Crippen molar-refractivity contribution in [2.75, 3.05) is 0 Å². The predicted molar refractivity (Wildman–Crippen MR) is 58.2 cm³/mol. The summed E-state index contributed by atoms with van der Waals surface area (Å²) in [5.41, 5.74) is 0.714. The van der Waals surface area contributed by atoms with Gasteiger partial charge in [0, 0.05) is 5.39 Å². The minimum Gasteiger partial charge on any atom is -0.464 e. The third-order valence-corrected chi connectivity index (χ3v) is 2.38. The molecule has 1 heterocycles. The van der Waals surface area contributed by atoms with Crippen molar-refractivity contribution in [1.82, 2.24) is 0 Å². The number of hydrogen-bond donors (Lipinski definition) is 1. The Morgan fingerprint density at radius 3 is 2.64 bits per heavy atom. The smallest absolute Gasteiger partial charge is 0.135 e. The van der Waals surface area contributed by atoms with Crippen LogP contribution in [-0.2, 0) is 11.0 Å². The van der Waals surface area contributed by atoms with Crippen molar-refractivity contribution in [2.24, 2.45) is 5.14 Å². The van der Waals surface area contributed by atoms with E-state index < -0.39 is 11.0 Å². The maximum Gasteiger partial charge on any atom is 0.135 e. The van der Waals surface area contributed by atoms with Gasteiger partial charge in [0.1, 0.15) is 16.6 Å². The summed E-state index contributed by atoms with van der Waals surface area (Å²) >= 11 is 0. The Labute approximate surface area is 85.5 Å². The van der Waals surface area contributed by atoms with E-state index in [2.05, 4.69) is 0 Å². The molecule has 0 saturated carbocycles. The van der Waals surface area contributed by atoms with Gasteiger partial charge >= 0.3 is 0 Å². The molecule has 0 saturated heterocycles. The summed E-state index contributed by atoms with van der Waals surface area (Å²) in [5, 5.41) is 6.19. The minimum absolute atomic E-state index is 0.581. The van der Waals surface area contributed by atoms with Crippen molar-refractivity contribution >= 4 is 22.0 Å². The zero-order chi connectivity index (χ0) is 10.6. The van der Waals surface area contributed by atoms with Gasteiger partial charge < -0.3 is 4.42 Å². The predicted octanol–water partition coefficient (Wildman–Crippen LogP) is 2.44. The monoisotopic (exact) mass is 211 g/mol. The molecule has 2 aromatic rings. The lowest BCUT2D eigenvalue weighted by molar-refractivity contribution is 0.614. The third-order valence-electron chi connectivity index (χ3n) is 1.66. The Morgan fingerprint density at radius 1 is 1.29 bits per heavy atom. The van der Waals surface area contributed by atoms with E-state index in [4.69, 9.17) is 9.56 Å². The summed E-state index contributed by atoms with van der Waals surface area (Å²) in [6.07, 6.45) is 1.59. The van der Waals surface area contributed by atoms with Gasteiger partial charge in [0.2, 0.25) is 0 Å². The Morgan fingerprint density at radius 2 is 2.00 bits per heavy atom. The molecular formula is C10H13NO2S. The second-order valence-electron chi connectivity index (χ2n) is 2.42. The molecule has 3 nitrogen and oxygen atoms in total. The molecule has 0 aliphatic heterocycles. The van der Waals surface area contributed by atoms with Crippen LogP contribution in [0.5, 0.6) is 0 Å². The fraction of sp³-hybridized carbons (Fsp3) is 0.200. The molecule has 0 aliphatic rings. The fourth-order valence-corrected chi connectivity index (χ4v) is 1.49. The highest BCUT2D eigenvalue weighted by Gasteiger charge is 2.01. The van der Waals surface area contributed by atoms with Crippen LogP contribution in [0.3, 0.4) is 0 Å². The van der Waals surface area contributed by atoms with Gasteiger partial charge in [0.05, 0.1) is 11.2 Å². The van der Waals surface area contributed by atoms with E-state index in [-0.39, 0.29) is 0 Å². The third kappa shape index (κ3) is 2.21. The lowest BCUT2D eigenvalue weighted by Gasteiger charge is -1.93. The number of benzene rings is 1. The first kappa shape index (κ1) is 10.9. The molecule has 1 aromatic carbocycles. The highest BCUT2D eigenvalue weighted by molar-refractivity contribution is 7.82. The first-order valence-corrected chi connectivity index (χ1v) is 5.62. The Bertz CT molecular complexity index is 436. The van der Waals surface area contributed by atoms with Crippen LogP contribution in [0.1, 0.15) is 13.8 Å². The lowest BCUT2D eigenvalue weighted by Crippen LogP contribution is -2.01. The molecule has 14 heavy (non-hydrogen) atoms. The highest BCUT2D eigenvalue weighted by atomic mass is 32.2. The average Bonchev–Trinajstić information content (AvgIpc) is 2.67. The molecule has 76 valence electrons. The van der Waals surface area contributed by atoms with Crippen molar-refractivity contribution < 1.29 is 8.63 Å². The quantitative estimate of drug-likeness (QED) is 0.787. The molecular weight excluding hydrogens is 198 g/mol. The molecule has 1 unspecified atom stereocenters. The van der Waals surface area contributed by atoms with E-state index in [0.717, 1.165) is 5.39 Å². The van der Waals surface area contributed by atoms with E-state index in [1.807, 2.05) is 26.0 Å². The van der Waals surface area contributed by atoms with E-state index in [9.17, 15) is 4.21 Å². The first-order valence-electron chi connectivity index (χ1n) is 4.41. The maximum absolute atomic E-state index is 10.9. The second kappa shape index (κ2) is 4.93. The zero-order valence-corrected chi connectivity index (χ0v) is 9.01. The van der Waals surface area contributed by atoms with Crippen molar-refractivity contribution in [1.29, 1.82) is 0 Å². The molecule has 2 N–H and O–H groups in total. The van der Waals surface area contributed by atoms with Gasteiger partial charge in [0.15, 0.2) is 0 Å². The molecule has 1 atom stereocenters. The average molecular weight is 211 g/mol. The van der Waals surface area contributed by atoms with Crippen molar-refractivity contribution in [3.05, 3.63) is 30.5 Å². The van der Waals surface area contributed by atoms with Crippen LogP contribution in [0, 0.1) is 0 Å². The SMILES string of the molecule is CC.NS(=O)c1ccc2ccoc2c1. The van der Waals surface area contributed by atoms with Gasteiger partial charge in [-0.05, 0) is 24.3 Å². The molecule has 0 bridgehead atoms. The number of furan rings is 1. The van der Waals surface area contributed by atoms with Crippen LogP contribution in [0.15, 0.2) is 39.8 Å². The Hall–Kier alpha value is -1.13. The number of fused-ring (bicyclic) bond motifs is 1. The first-order chi connectivity index (χ1) is 6.77. The zero-order valence-electron chi connectivity index (χ0n) is 8.19. The summed E-state index contributed by atoms with van der Waals surface area (Å²) in [6, 6.07) is 7.09. The fourth-order valence-electron chi connectivity index (χ4n) is 1.06. The van der Waals surface area contributed by atoms with Gasteiger partial charge in [-0.3, -0.25) is 0 Å². The van der Waals surface area contributed by atoms with Gasteiger partial charge in [-0.15, -0.1) is 0 Å². The van der Waals surface area contributed by atoms with Gasteiger partial charge in [-0.25, -0.2) is 9.35 Å². The molecule has 0 spiro atoms. The summed E-state index contributed by atoms with van der Waals surface area (Å²) in [7, 11) is -1.43. The Balaban J connectivity index is 0.000000461. The van der Waals surface area contributed by atoms with E-state index >= 15 is 0 Å². The van der Waals surface area contributed by atoms with Crippen molar-refractivity contribution in [2.45, 2.75) is 18.7 Å². The van der Waals surface area contributed by atoms with Crippen LogP contribution in [-0.4, -0.2) is 4.21 Å². The summed E-state index contributed by atoms with van der Waals surface area (Å²) in [5.74, 6) is 0. The number of rotatable bonds is 1. The minimum atomic E-state index is -1.43. The topological polar surface area (TPSA) is 56.2 Å². The lowest BCUT2D eigenvalue weighted by atomic mass is 10.3. The van der Waals surface area contributed by atoms with Crippen LogP contribution in [0.25, 0.3) is 11.0 Å². The second-order valence-corrected chi connectivity index (χ2v) is 3.48. The van der Waals surface area contributed by atoms with Crippen LogP contribution < -0.4 is 5.14 Å². The molecule has 0 aliphatic carbocycles. The largest absolute Gasteiger partial charge is 0.464 e. The maximum atomic E-state index is 10.9. The van der Waals surface area contributed by atoms with Crippen LogP contribution in [0.2, 0.25) is 0 Å².